The minimum absolute atomic E-state index is 0.131. The average Bonchev–Trinajstić information content (AvgIpc) is 2.78. The molecular weight excluding hydrogens is 440 g/mol. The molecule has 0 aromatic heterocycles. The van der Waals surface area contributed by atoms with Crippen LogP contribution in [0.15, 0.2) is 59.1 Å². The second-order valence-electron chi connectivity index (χ2n) is 8.39. The highest BCUT2D eigenvalue weighted by molar-refractivity contribution is 9.10. The van der Waals surface area contributed by atoms with E-state index in [2.05, 4.69) is 82.0 Å². The maximum atomic E-state index is 13.0. The van der Waals surface area contributed by atoms with Gasteiger partial charge in [0.1, 0.15) is 0 Å². The van der Waals surface area contributed by atoms with Gasteiger partial charge in [0.25, 0.3) is 0 Å². The Labute approximate surface area is 189 Å². The van der Waals surface area contributed by atoms with Crippen LogP contribution in [-0.4, -0.2) is 50.7 Å². The van der Waals surface area contributed by atoms with Crippen molar-refractivity contribution in [2.45, 2.75) is 32.1 Å². The Morgan fingerprint density at radius 3 is 2.23 bits per heavy atom. The third kappa shape index (κ3) is 5.06. The first-order valence-electron chi connectivity index (χ1n) is 10.8. The van der Waals surface area contributed by atoms with Crippen LogP contribution in [0.25, 0.3) is 0 Å². The lowest BCUT2D eigenvalue weighted by molar-refractivity contribution is -0.150. The van der Waals surface area contributed by atoms with Crippen LogP contribution in [0.1, 0.15) is 32.3 Å². The molecule has 1 unspecified atom stereocenters. The SMILES string of the molecule is COC(=O)C(CCCN1CCN(c2ccccc2)CC1)(c1ccc(Br)cc1)C(C)C. The third-order valence-corrected chi connectivity index (χ3v) is 6.96. The molecule has 0 spiro atoms. The van der Waals surface area contributed by atoms with E-state index < -0.39 is 5.41 Å². The summed E-state index contributed by atoms with van der Waals surface area (Å²) in [6, 6.07) is 18.8. The van der Waals surface area contributed by atoms with Crippen molar-refractivity contribution in [1.29, 1.82) is 0 Å². The molecule has 0 aliphatic carbocycles. The Kier molecular flexibility index (Phi) is 7.95. The average molecular weight is 473 g/mol. The molecule has 1 atom stereocenters. The van der Waals surface area contributed by atoms with Gasteiger partial charge in [0.15, 0.2) is 0 Å². The Hall–Kier alpha value is -1.85. The standard InChI is InChI=1S/C25H33BrN2O2/c1-20(2)25(24(29)30-3,21-10-12-22(26)13-11-21)14-7-15-27-16-18-28(19-17-27)23-8-5-4-6-9-23/h4-6,8-13,20H,7,14-19H2,1-3H3. The first-order valence-corrected chi connectivity index (χ1v) is 11.6. The zero-order valence-corrected chi connectivity index (χ0v) is 19.9. The fourth-order valence-electron chi connectivity index (χ4n) is 4.60. The van der Waals surface area contributed by atoms with Crippen LogP contribution in [0.2, 0.25) is 0 Å². The van der Waals surface area contributed by atoms with E-state index in [1.54, 1.807) is 0 Å². The highest BCUT2D eigenvalue weighted by Crippen LogP contribution is 2.39. The van der Waals surface area contributed by atoms with Gasteiger partial charge in [-0.1, -0.05) is 60.1 Å². The number of halogens is 1. The van der Waals surface area contributed by atoms with E-state index in [1.165, 1.54) is 12.8 Å². The van der Waals surface area contributed by atoms with E-state index in [9.17, 15) is 4.79 Å². The molecule has 4 nitrogen and oxygen atoms in total. The van der Waals surface area contributed by atoms with Gasteiger partial charge < -0.3 is 9.64 Å². The largest absolute Gasteiger partial charge is 0.468 e. The number of carbonyl (C=O) groups is 1. The quantitative estimate of drug-likeness (QED) is 0.499. The molecule has 0 bridgehead atoms. The fraction of sp³-hybridized carbons (Fsp3) is 0.480. The lowest BCUT2D eigenvalue weighted by Crippen LogP contribution is -2.47. The van der Waals surface area contributed by atoms with Crippen LogP contribution in [0, 0.1) is 5.92 Å². The highest BCUT2D eigenvalue weighted by Gasteiger charge is 2.44. The number of carbonyl (C=O) groups excluding carboxylic acids is 1. The molecule has 0 N–H and O–H groups in total. The van der Waals surface area contributed by atoms with Crippen molar-refractivity contribution in [1.82, 2.24) is 4.90 Å². The molecule has 3 rings (SSSR count). The number of esters is 1. The fourth-order valence-corrected chi connectivity index (χ4v) is 4.87. The molecule has 1 aliphatic heterocycles. The summed E-state index contributed by atoms with van der Waals surface area (Å²) in [6.07, 6.45) is 1.76. The molecule has 5 heteroatoms. The van der Waals surface area contributed by atoms with Crippen molar-refractivity contribution in [3.8, 4) is 0 Å². The van der Waals surface area contributed by atoms with E-state index in [0.717, 1.165) is 55.6 Å². The van der Waals surface area contributed by atoms with Gasteiger partial charge in [0.2, 0.25) is 0 Å². The van der Waals surface area contributed by atoms with Gasteiger partial charge in [0.05, 0.1) is 12.5 Å². The Balaban J connectivity index is 1.62. The van der Waals surface area contributed by atoms with E-state index in [1.807, 2.05) is 12.1 Å². The number of para-hydroxylation sites is 1. The number of nitrogens with zero attached hydrogens (tertiary/aromatic N) is 2. The van der Waals surface area contributed by atoms with Crippen LogP contribution in [-0.2, 0) is 14.9 Å². The Bertz CT molecular complexity index is 802. The van der Waals surface area contributed by atoms with Crippen LogP contribution in [0.3, 0.4) is 0 Å². The predicted molar refractivity (Wildman–Crippen MR) is 127 cm³/mol. The number of methoxy groups -OCH3 is 1. The molecule has 2 aromatic rings. The minimum Gasteiger partial charge on any atom is -0.468 e. The van der Waals surface area contributed by atoms with Crippen molar-refractivity contribution in [3.63, 3.8) is 0 Å². The summed E-state index contributed by atoms with van der Waals surface area (Å²) in [5, 5.41) is 0. The molecule has 0 amide bonds. The molecule has 1 saturated heterocycles. The first-order chi connectivity index (χ1) is 14.5. The normalized spacial score (nSPS) is 17.0. The topological polar surface area (TPSA) is 32.8 Å². The van der Waals surface area contributed by atoms with Crippen LogP contribution < -0.4 is 4.90 Å². The molecule has 1 fully saturated rings. The molecular formula is C25H33BrN2O2. The van der Waals surface area contributed by atoms with Crippen LogP contribution in [0.4, 0.5) is 5.69 Å². The zero-order chi connectivity index (χ0) is 21.6. The van der Waals surface area contributed by atoms with Gasteiger partial charge in [0, 0.05) is 36.3 Å². The van der Waals surface area contributed by atoms with Crippen molar-refractivity contribution >= 4 is 27.6 Å². The number of anilines is 1. The van der Waals surface area contributed by atoms with Gasteiger partial charge in [-0.15, -0.1) is 0 Å². The van der Waals surface area contributed by atoms with Crippen molar-refractivity contribution in [2.24, 2.45) is 5.92 Å². The predicted octanol–water partition coefficient (Wildman–Crippen LogP) is 5.12. The van der Waals surface area contributed by atoms with E-state index >= 15 is 0 Å². The number of rotatable bonds is 8. The number of piperazine rings is 1. The highest BCUT2D eigenvalue weighted by atomic mass is 79.9. The number of benzene rings is 2. The molecule has 2 aromatic carbocycles. The molecule has 0 saturated carbocycles. The molecule has 0 radical (unpaired) electrons. The molecule has 30 heavy (non-hydrogen) atoms. The number of hydrogen-bond donors (Lipinski definition) is 0. The summed E-state index contributed by atoms with van der Waals surface area (Å²) < 4.78 is 6.31. The minimum atomic E-state index is -0.610. The van der Waals surface area contributed by atoms with Gasteiger partial charge in [-0.2, -0.15) is 0 Å². The van der Waals surface area contributed by atoms with E-state index in [4.69, 9.17) is 4.74 Å². The van der Waals surface area contributed by atoms with Gasteiger partial charge in [-0.05, 0) is 55.1 Å². The Morgan fingerprint density at radius 1 is 1.03 bits per heavy atom. The monoisotopic (exact) mass is 472 g/mol. The molecule has 162 valence electrons. The maximum Gasteiger partial charge on any atom is 0.316 e. The van der Waals surface area contributed by atoms with Gasteiger partial charge in [-0.25, -0.2) is 0 Å². The number of ether oxygens (including phenoxy) is 1. The van der Waals surface area contributed by atoms with E-state index in [-0.39, 0.29) is 11.9 Å². The summed E-state index contributed by atoms with van der Waals surface area (Å²) in [6.45, 7) is 9.45. The van der Waals surface area contributed by atoms with Crippen molar-refractivity contribution in [2.75, 3.05) is 44.7 Å². The Morgan fingerprint density at radius 2 is 1.67 bits per heavy atom. The van der Waals surface area contributed by atoms with Crippen molar-refractivity contribution < 1.29 is 9.53 Å². The van der Waals surface area contributed by atoms with E-state index in [0.29, 0.717) is 0 Å². The first kappa shape index (κ1) is 22.8. The summed E-state index contributed by atoms with van der Waals surface area (Å²) in [7, 11) is 1.50. The van der Waals surface area contributed by atoms with Crippen LogP contribution in [0.5, 0.6) is 0 Å². The molecule has 1 aliphatic rings. The second-order valence-corrected chi connectivity index (χ2v) is 9.31. The van der Waals surface area contributed by atoms with Gasteiger partial charge >= 0.3 is 5.97 Å². The lowest BCUT2D eigenvalue weighted by atomic mass is 9.68. The summed E-state index contributed by atoms with van der Waals surface area (Å²) in [5.74, 6) is 0.0229. The second kappa shape index (κ2) is 10.5. The molecule has 1 heterocycles. The maximum absolute atomic E-state index is 13.0. The third-order valence-electron chi connectivity index (χ3n) is 6.43. The van der Waals surface area contributed by atoms with Crippen molar-refractivity contribution in [3.05, 3.63) is 64.6 Å². The van der Waals surface area contributed by atoms with Gasteiger partial charge in [-0.3, -0.25) is 9.69 Å². The summed E-state index contributed by atoms with van der Waals surface area (Å²) in [5.41, 5.74) is 1.74. The smallest absolute Gasteiger partial charge is 0.316 e. The lowest BCUT2D eigenvalue weighted by Gasteiger charge is -2.38. The zero-order valence-electron chi connectivity index (χ0n) is 18.3. The van der Waals surface area contributed by atoms with Crippen LogP contribution >= 0.6 is 15.9 Å². The number of hydrogen-bond acceptors (Lipinski definition) is 4. The summed E-state index contributed by atoms with van der Waals surface area (Å²) >= 11 is 3.50. The summed E-state index contributed by atoms with van der Waals surface area (Å²) in [4.78, 5) is 18.0.